The maximum absolute atomic E-state index is 12.7. The van der Waals surface area contributed by atoms with Crippen molar-refractivity contribution in [3.8, 4) is 5.75 Å². The van der Waals surface area contributed by atoms with Gasteiger partial charge in [0, 0.05) is 6.54 Å². The van der Waals surface area contributed by atoms with E-state index in [-0.39, 0.29) is 6.03 Å². The number of hydrogen-bond donors (Lipinski definition) is 1. The first kappa shape index (κ1) is 15.7. The van der Waals surface area contributed by atoms with Crippen molar-refractivity contribution in [2.45, 2.75) is 31.3 Å². The molecule has 2 N–H and O–H groups in total. The third-order valence-corrected chi connectivity index (χ3v) is 5.26. The van der Waals surface area contributed by atoms with Gasteiger partial charge in [0.05, 0.1) is 7.11 Å². The number of aliphatic imine (C=N–C) groups is 1. The number of hydrogen-bond acceptors (Lipinski definition) is 3. The first-order chi connectivity index (χ1) is 12.1. The first-order valence-corrected chi connectivity index (χ1v) is 8.53. The van der Waals surface area contributed by atoms with Crippen LogP contribution >= 0.6 is 0 Å². The summed E-state index contributed by atoms with van der Waals surface area (Å²) in [6.45, 7) is 0.487. The standard InChI is InChI=1S/C20H21N3O2/c1-25-16-10-9-15-8-5-11-20(17(15)12-16)18(21)22-19(24)23(20)13-14-6-3-2-4-7-14/h2-4,6-7,9-10,12H,5,8,11,13H2,1H3,(H2,21,22,24). The SMILES string of the molecule is COc1ccc2c(c1)C1(CCC2)C(N)=NC(=O)N1Cc1ccccc1. The summed E-state index contributed by atoms with van der Waals surface area (Å²) in [5.74, 6) is 1.16. The first-order valence-electron chi connectivity index (χ1n) is 8.53. The zero-order valence-corrected chi connectivity index (χ0v) is 14.2. The highest BCUT2D eigenvalue weighted by Crippen LogP contribution is 2.45. The average Bonchev–Trinajstić information content (AvgIpc) is 2.87. The molecule has 1 aliphatic carbocycles. The number of rotatable bonds is 3. The Morgan fingerprint density at radius 3 is 2.80 bits per heavy atom. The Morgan fingerprint density at radius 2 is 2.04 bits per heavy atom. The minimum atomic E-state index is -0.672. The van der Waals surface area contributed by atoms with E-state index in [0.29, 0.717) is 12.4 Å². The van der Waals surface area contributed by atoms with Crippen LogP contribution in [0.3, 0.4) is 0 Å². The number of methoxy groups -OCH3 is 1. The monoisotopic (exact) mass is 335 g/mol. The van der Waals surface area contributed by atoms with Gasteiger partial charge >= 0.3 is 6.03 Å². The molecule has 1 spiro atoms. The van der Waals surface area contributed by atoms with Crippen molar-refractivity contribution in [3.05, 3.63) is 65.2 Å². The van der Waals surface area contributed by atoms with E-state index in [9.17, 15) is 4.79 Å². The van der Waals surface area contributed by atoms with Crippen molar-refractivity contribution < 1.29 is 9.53 Å². The maximum Gasteiger partial charge on any atom is 0.346 e. The molecule has 2 aromatic carbocycles. The summed E-state index contributed by atoms with van der Waals surface area (Å²) >= 11 is 0. The van der Waals surface area contributed by atoms with E-state index >= 15 is 0 Å². The van der Waals surface area contributed by atoms with Gasteiger partial charge in [0.25, 0.3) is 0 Å². The Labute approximate surface area is 147 Å². The lowest BCUT2D eigenvalue weighted by Gasteiger charge is -2.42. The molecule has 2 aromatic rings. The molecule has 1 heterocycles. The van der Waals surface area contributed by atoms with Gasteiger partial charge in [-0.15, -0.1) is 0 Å². The molecule has 0 radical (unpaired) electrons. The van der Waals surface area contributed by atoms with Crippen LogP contribution in [0.15, 0.2) is 53.5 Å². The molecule has 25 heavy (non-hydrogen) atoms. The van der Waals surface area contributed by atoms with E-state index < -0.39 is 5.54 Å². The number of carbonyl (C=O) groups is 1. The van der Waals surface area contributed by atoms with Gasteiger partial charge in [0.2, 0.25) is 0 Å². The third-order valence-electron chi connectivity index (χ3n) is 5.26. The van der Waals surface area contributed by atoms with Crippen molar-refractivity contribution in [2.24, 2.45) is 10.7 Å². The van der Waals surface area contributed by atoms with Gasteiger partial charge < -0.3 is 15.4 Å². The topological polar surface area (TPSA) is 67.9 Å². The fourth-order valence-electron chi connectivity index (χ4n) is 4.03. The molecule has 0 saturated carbocycles. The average molecular weight is 335 g/mol. The van der Waals surface area contributed by atoms with Gasteiger partial charge in [0.15, 0.2) is 0 Å². The Bertz CT molecular complexity index is 847. The second kappa shape index (κ2) is 5.92. The minimum Gasteiger partial charge on any atom is -0.497 e. The highest BCUT2D eigenvalue weighted by atomic mass is 16.5. The van der Waals surface area contributed by atoms with Crippen LogP contribution in [0.4, 0.5) is 4.79 Å². The molecule has 1 aliphatic heterocycles. The summed E-state index contributed by atoms with van der Waals surface area (Å²) in [5.41, 5.74) is 8.97. The molecule has 1 atom stereocenters. The van der Waals surface area contributed by atoms with Crippen molar-refractivity contribution in [2.75, 3.05) is 7.11 Å². The highest BCUT2D eigenvalue weighted by molar-refractivity contribution is 6.06. The summed E-state index contributed by atoms with van der Waals surface area (Å²) < 4.78 is 5.41. The largest absolute Gasteiger partial charge is 0.497 e. The van der Waals surface area contributed by atoms with Gasteiger partial charge in [-0.1, -0.05) is 36.4 Å². The fourth-order valence-corrected chi connectivity index (χ4v) is 4.03. The number of benzene rings is 2. The maximum atomic E-state index is 12.7. The summed E-state index contributed by atoms with van der Waals surface area (Å²) in [7, 11) is 1.65. The molecule has 5 nitrogen and oxygen atoms in total. The molecule has 128 valence electrons. The Balaban J connectivity index is 1.84. The van der Waals surface area contributed by atoms with Crippen LogP contribution < -0.4 is 10.5 Å². The molecule has 0 bridgehead atoms. The van der Waals surface area contributed by atoms with Crippen molar-refractivity contribution >= 4 is 11.9 Å². The quantitative estimate of drug-likeness (QED) is 0.936. The zero-order chi connectivity index (χ0) is 17.4. The van der Waals surface area contributed by atoms with Crippen LogP contribution in [0.5, 0.6) is 5.75 Å². The van der Waals surface area contributed by atoms with Gasteiger partial charge in [-0.3, -0.25) is 0 Å². The van der Waals surface area contributed by atoms with Gasteiger partial charge in [-0.25, -0.2) is 4.79 Å². The predicted octanol–water partition coefficient (Wildman–Crippen LogP) is 3.22. The third kappa shape index (κ3) is 2.38. The number of amides is 2. The van der Waals surface area contributed by atoms with Crippen LogP contribution in [-0.4, -0.2) is 23.9 Å². The van der Waals surface area contributed by atoms with Gasteiger partial charge in [-0.2, -0.15) is 4.99 Å². The molecule has 0 aromatic heterocycles. The molecule has 4 rings (SSSR count). The number of nitrogens with two attached hydrogens (primary N) is 1. The lowest BCUT2D eigenvalue weighted by atomic mass is 9.74. The normalized spacial score (nSPS) is 22.0. The van der Waals surface area contributed by atoms with E-state index in [1.54, 1.807) is 7.11 Å². The number of aryl methyl sites for hydroxylation is 1. The van der Waals surface area contributed by atoms with Crippen LogP contribution in [0.1, 0.15) is 29.5 Å². The molecule has 1 unspecified atom stereocenters. The zero-order valence-electron chi connectivity index (χ0n) is 14.2. The smallest absolute Gasteiger partial charge is 0.346 e. The van der Waals surface area contributed by atoms with Crippen molar-refractivity contribution in [3.63, 3.8) is 0 Å². The molecule has 2 amide bonds. The van der Waals surface area contributed by atoms with E-state index in [1.807, 2.05) is 47.4 Å². The van der Waals surface area contributed by atoms with E-state index in [2.05, 4.69) is 11.1 Å². The van der Waals surface area contributed by atoms with Crippen molar-refractivity contribution in [1.82, 2.24) is 4.90 Å². The lowest BCUT2D eigenvalue weighted by molar-refractivity contribution is 0.153. The summed E-state index contributed by atoms with van der Waals surface area (Å²) in [4.78, 5) is 18.6. The second-order valence-corrected chi connectivity index (χ2v) is 6.59. The van der Waals surface area contributed by atoms with E-state index in [0.717, 1.165) is 36.1 Å². The van der Waals surface area contributed by atoms with E-state index in [4.69, 9.17) is 10.5 Å². The Kier molecular flexibility index (Phi) is 3.71. The number of ether oxygens (including phenoxy) is 1. The minimum absolute atomic E-state index is 0.267. The predicted molar refractivity (Wildman–Crippen MR) is 96.6 cm³/mol. The molecule has 5 heteroatoms. The van der Waals surface area contributed by atoms with Crippen LogP contribution in [-0.2, 0) is 18.5 Å². The van der Waals surface area contributed by atoms with Gasteiger partial charge in [-0.05, 0) is 48.1 Å². The number of amidine groups is 1. The number of carbonyl (C=O) groups excluding carboxylic acids is 1. The molecule has 0 saturated heterocycles. The van der Waals surface area contributed by atoms with E-state index in [1.165, 1.54) is 5.56 Å². The molecular weight excluding hydrogens is 314 g/mol. The van der Waals surface area contributed by atoms with Crippen molar-refractivity contribution in [1.29, 1.82) is 0 Å². The lowest BCUT2D eigenvalue weighted by Crippen LogP contribution is -2.52. The molecule has 0 fully saturated rings. The fraction of sp³-hybridized carbons (Fsp3) is 0.300. The molecule has 2 aliphatic rings. The van der Waals surface area contributed by atoms with Crippen LogP contribution in [0.2, 0.25) is 0 Å². The summed E-state index contributed by atoms with van der Waals surface area (Å²) in [6.07, 6.45) is 2.72. The van der Waals surface area contributed by atoms with Crippen LogP contribution in [0, 0.1) is 0 Å². The number of urea groups is 1. The number of nitrogens with zero attached hydrogens (tertiary/aromatic N) is 2. The highest BCUT2D eigenvalue weighted by Gasteiger charge is 2.51. The van der Waals surface area contributed by atoms with Gasteiger partial charge in [0.1, 0.15) is 17.1 Å². The summed E-state index contributed by atoms with van der Waals surface area (Å²) in [6, 6.07) is 15.7. The second-order valence-electron chi connectivity index (χ2n) is 6.59. The Morgan fingerprint density at radius 1 is 1.24 bits per heavy atom. The molecular formula is C20H21N3O2. The Hall–Kier alpha value is -2.82. The number of fused-ring (bicyclic) bond motifs is 2. The van der Waals surface area contributed by atoms with Crippen LogP contribution in [0.25, 0.3) is 0 Å². The summed E-state index contributed by atoms with van der Waals surface area (Å²) in [5, 5.41) is 0.